The van der Waals surface area contributed by atoms with Crippen molar-refractivity contribution in [2.75, 3.05) is 0 Å². The van der Waals surface area contributed by atoms with Gasteiger partial charge in [0.25, 0.3) is 0 Å². The predicted molar refractivity (Wildman–Crippen MR) is 260 cm³/mol. The van der Waals surface area contributed by atoms with Crippen LogP contribution < -0.4 is 0 Å². The van der Waals surface area contributed by atoms with E-state index in [0.29, 0.717) is 28.1 Å². The van der Waals surface area contributed by atoms with Gasteiger partial charge in [-0.15, -0.1) is 11.3 Å². The Hall–Kier alpha value is -8.19. The SMILES string of the molecule is [2H]c1c([2H])c(-c2cccc3sc4ccccc4c23)c2c(oc3c([2H])c(-c4nc(-c5ccccc5)nc(-c5cccc(-c6cccc7c6oc6c(-c8ccccc8)cccc67)c5)n4)c([2H])c([2H])c32)c1[2H]. The van der Waals surface area contributed by atoms with E-state index in [9.17, 15) is 5.48 Å². The number of hydrogen-bond acceptors (Lipinski definition) is 6. The first kappa shape index (κ1) is 29.9. The molecule has 294 valence electrons. The largest absolute Gasteiger partial charge is 0.456 e. The third kappa shape index (κ3) is 5.80. The topological polar surface area (TPSA) is 65.0 Å². The van der Waals surface area contributed by atoms with Crippen LogP contribution in [0.4, 0.5) is 0 Å². The molecule has 9 aromatic carbocycles. The minimum absolute atomic E-state index is 0.00821. The van der Waals surface area contributed by atoms with E-state index in [4.69, 9.17) is 26.5 Å². The molecule has 0 aliphatic heterocycles. The number of hydrogen-bond donors (Lipinski definition) is 0. The standard InChI is InChI=1S/C57H33N3O2S/c1-3-14-34(15-4-1)39-21-10-25-43-44-26-11-22-40(54(44)62-53(39)43)36-18-9-19-37(32-36)56-58-55(35-16-5-2-6-17-35)59-57(60-56)38-30-31-45-48(33-38)61-47-27-12-23-41(51(45)47)42-24-13-29-50-52(42)46-20-7-8-28-49(46)63-50/h1-33H/i12D,23D,27D,30D,31D,33D. The fourth-order valence-electron chi connectivity index (χ4n) is 8.80. The zero-order chi connectivity index (χ0) is 46.7. The van der Waals surface area contributed by atoms with Crippen molar-refractivity contribution >= 4 is 75.4 Å². The van der Waals surface area contributed by atoms with Crippen LogP contribution in [0.15, 0.2) is 209 Å². The van der Waals surface area contributed by atoms with Crippen LogP contribution in [-0.2, 0) is 0 Å². The maximum absolute atomic E-state index is 9.74. The lowest BCUT2D eigenvalue weighted by molar-refractivity contribution is 0.669. The van der Waals surface area contributed by atoms with Crippen LogP contribution in [0, 0.1) is 0 Å². The summed E-state index contributed by atoms with van der Waals surface area (Å²) in [4.78, 5) is 14.8. The van der Waals surface area contributed by atoms with Crippen LogP contribution in [0.3, 0.4) is 0 Å². The summed E-state index contributed by atoms with van der Waals surface area (Å²) < 4.78 is 71.5. The molecule has 5 nitrogen and oxygen atoms in total. The summed E-state index contributed by atoms with van der Waals surface area (Å²) in [5.74, 6) is 0.572. The van der Waals surface area contributed by atoms with Gasteiger partial charge in [0.1, 0.15) is 22.3 Å². The Morgan fingerprint density at radius 2 is 0.968 bits per heavy atom. The van der Waals surface area contributed by atoms with Crippen LogP contribution in [0.25, 0.3) is 132 Å². The summed E-state index contributed by atoms with van der Waals surface area (Å²) in [6, 6.07) is 51.7. The molecule has 0 saturated carbocycles. The Morgan fingerprint density at radius 3 is 1.76 bits per heavy atom. The van der Waals surface area contributed by atoms with Gasteiger partial charge in [-0.05, 0) is 58.6 Å². The second-order valence-corrected chi connectivity index (χ2v) is 16.5. The van der Waals surface area contributed by atoms with Crippen molar-refractivity contribution in [3.8, 4) is 67.5 Å². The molecule has 0 saturated heterocycles. The lowest BCUT2D eigenvalue weighted by atomic mass is 9.95. The molecular weight excluding hydrogens is 791 g/mol. The van der Waals surface area contributed by atoms with Gasteiger partial charge >= 0.3 is 0 Å². The number of furan rings is 2. The number of fused-ring (bicyclic) bond motifs is 9. The van der Waals surface area contributed by atoms with E-state index < -0.39 is 0 Å². The highest BCUT2D eigenvalue weighted by Gasteiger charge is 2.20. The zero-order valence-corrected chi connectivity index (χ0v) is 34.0. The lowest BCUT2D eigenvalue weighted by Gasteiger charge is -2.10. The summed E-state index contributed by atoms with van der Waals surface area (Å²) in [6.07, 6.45) is 0. The van der Waals surface area contributed by atoms with E-state index >= 15 is 0 Å². The Kier molecular flexibility index (Phi) is 6.75. The lowest BCUT2D eigenvalue weighted by Crippen LogP contribution is -2.00. The molecule has 0 amide bonds. The van der Waals surface area contributed by atoms with Crippen LogP contribution in [-0.4, -0.2) is 15.0 Å². The quantitative estimate of drug-likeness (QED) is 0.167. The number of thiophene rings is 1. The van der Waals surface area contributed by atoms with Crippen LogP contribution >= 0.6 is 11.3 Å². The van der Waals surface area contributed by atoms with Gasteiger partial charge in [-0.2, -0.15) is 0 Å². The van der Waals surface area contributed by atoms with E-state index in [2.05, 4.69) is 36.4 Å². The Morgan fingerprint density at radius 1 is 0.381 bits per heavy atom. The summed E-state index contributed by atoms with van der Waals surface area (Å²) in [7, 11) is 0. The molecule has 4 heterocycles. The summed E-state index contributed by atoms with van der Waals surface area (Å²) >= 11 is 1.61. The third-order valence-electron chi connectivity index (χ3n) is 11.7. The monoisotopic (exact) mass is 829 g/mol. The molecule has 0 bridgehead atoms. The highest BCUT2D eigenvalue weighted by Crippen LogP contribution is 2.45. The Labute approximate surface area is 373 Å². The van der Waals surface area contributed by atoms with E-state index in [-0.39, 0.29) is 75.4 Å². The number of nitrogens with zero attached hydrogens (tertiary/aromatic N) is 3. The normalized spacial score (nSPS) is 13.1. The fourth-order valence-corrected chi connectivity index (χ4v) is 9.93. The van der Waals surface area contributed by atoms with Crippen molar-refractivity contribution in [2.24, 2.45) is 0 Å². The second kappa shape index (κ2) is 14.2. The summed E-state index contributed by atoms with van der Waals surface area (Å²) in [6.45, 7) is 0. The van der Waals surface area contributed by atoms with Gasteiger partial charge < -0.3 is 8.83 Å². The van der Waals surface area contributed by atoms with Crippen LogP contribution in [0.2, 0.25) is 0 Å². The highest BCUT2D eigenvalue weighted by atomic mass is 32.1. The molecule has 13 rings (SSSR count). The van der Waals surface area contributed by atoms with Gasteiger partial charge in [-0.25, -0.2) is 15.0 Å². The summed E-state index contributed by atoms with van der Waals surface area (Å²) in [5.41, 5.74) is 7.45. The van der Waals surface area contributed by atoms with Gasteiger partial charge in [0, 0.05) is 69.5 Å². The van der Waals surface area contributed by atoms with Crippen molar-refractivity contribution in [3.63, 3.8) is 0 Å². The van der Waals surface area contributed by atoms with Crippen molar-refractivity contribution in [1.29, 1.82) is 0 Å². The van der Waals surface area contributed by atoms with Gasteiger partial charge in [0.2, 0.25) is 0 Å². The minimum Gasteiger partial charge on any atom is -0.456 e. The maximum Gasteiger partial charge on any atom is 0.164 e. The van der Waals surface area contributed by atoms with Gasteiger partial charge in [0.05, 0.1) is 8.22 Å². The van der Waals surface area contributed by atoms with E-state index in [0.717, 1.165) is 64.4 Å². The van der Waals surface area contributed by atoms with Gasteiger partial charge in [-0.3, -0.25) is 0 Å². The van der Waals surface area contributed by atoms with E-state index in [1.54, 1.807) is 11.3 Å². The molecule has 0 fully saturated rings. The molecule has 0 radical (unpaired) electrons. The summed E-state index contributed by atoms with van der Waals surface area (Å²) in [5, 5.41) is 4.19. The number of benzene rings is 9. The Balaban J connectivity index is 1.01. The molecule has 0 aliphatic rings. The average Bonchev–Trinajstić information content (AvgIpc) is 4.11. The third-order valence-corrected chi connectivity index (χ3v) is 12.8. The van der Waals surface area contributed by atoms with Gasteiger partial charge in [0.15, 0.2) is 17.5 Å². The number of aromatic nitrogens is 3. The minimum atomic E-state index is -0.345. The zero-order valence-electron chi connectivity index (χ0n) is 39.2. The predicted octanol–water partition coefficient (Wildman–Crippen LogP) is 16.0. The molecule has 6 heteroatoms. The molecular formula is C57H33N3O2S. The second-order valence-electron chi connectivity index (χ2n) is 15.4. The number of rotatable bonds is 6. The average molecular weight is 830 g/mol. The van der Waals surface area contributed by atoms with Crippen molar-refractivity contribution < 1.29 is 17.1 Å². The van der Waals surface area contributed by atoms with Crippen molar-refractivity contribution in [1.82, 2.24) is 15.0 Å². The molecule has 4 aromatic heterocycles. The van der Waals surface area contributed by atoms with Crippen molar-refractivity contribution in [3.05, 3.63) is 200 Å². The molecule has 0 N–H and O–H groups in total. The van der Waals surface area contributed by atoms with E-state index in [1.165, 1.54) is 0 Å². The first-order valence-electron chi connectivity index (χ1n) is 23.5. The molecule has 0 unspecified atom stereocenters. The van der Waals surface area contributed by atoms with E-state index in [1.807, 2.05) is 127 Å². The van der Waals surface area contributed by atoms with Gasteiger partial charge in [-0.1, -0.05) is 164 Å². The van der Waals surface area contributed by atoms with Crippen molar-refractivity contribution in [2.45, 2.75) is 0 Å². The first-order valence-corrected chi connectivity index (χ1v) is 21.3. The van der Waals surface area contributed by atoms with Crippen LogP contribution in [0.5, 0.6) is 0 Å². The highest BCUT2D eigenvalue weighted by molar-refractivity contribution is 7.25. The first-order chi connectivity index (χ1) is 33.7. The molecule has 0 atom stereocenters. The fraction of sp³-hybridized carbons (Fsp3) is 0. The molecule has 0 aliphatic carbocycles. The smallest absolute Gasteiger partial charge is 0.164 e. The molecule has 63 heavy (non-hydrogen) atoms. The molecule has 13 aromatic rings. The Bertz CT molecular complexity index is 4280. The maximum atomic E-state index is 9.74. The van der Waals surface area contributed by atoms with Crippen LogP contribution in [0.1, 0.15) is 8.22 Å². The number of para-hydroxylation sites is 2. The molecule has 0 spiro atoms.